The number of hydrogen-bond acceptors (Lipinski definition) is 5. The number of primary amides is 1. The second-order valence-corrected chi connectivity index (χ2v) is 4.28. The third kappa shape index (κ3) is 2.35. The van der Waals surface area contributed by atoms with Gasteiger partial charge in [0.05, 0.1) is 6.10 Å². The van der Waals surface area contributed by atoms with E-state index in [1.807, 2.05) is 13.8 Å². The molecule has 1 aliphatic heterocycles. The van der Waals surface area contributed by atoms with Crippen LogP contribution < -0.4 is 5.73 Å². The molecule has 6 atom stereocenters. The van der Waals surface area contributed by atoms with Gasteiger partial charge in [0, 0.05) is 0 Å². The minimum atomic E-state index is -1.48. The normalized spacial score (nSPS) is 41.7. The van der Waals surface area contributed by atoms with E-state index in [4.69, 9.17) is 10.5 Å². The monoisotopic (exact) mass is 233 g/mol. The number of carbonyl (C=O) groups is 1. The molecule has 1 rings (SSSR count). The molecule has 1 saturated heterocycles. The zero-order valence-electron chi connectivity index (χ0n) is 9.41. The average Bonchev–Trinajstić information content (AvgIpc) is 2.25. The van der Waals surface area contributed by atoms with Crippen LogP contribution in [0.3, 0.4) is 0 Å². The molecule has 16 heavy (non-hydrogen) atoms. The molecular formula is C10H19NO5. The molecule has 6 heteroatoms. The van der Waals surface area contributed by atoms with Crippen LogP contribution in [0.15, 0.2) is 0 Å². The summed E-state index contributed by atoms with van der Waals surface area (Å²) in [5.41, 5.74) is 5.05. The molecular weight excluding hydrogens is 214 g/mol. The van der Waals surface area contributed by atoms with E-state index in [-0.39, 0.29) is 5.92 Å². The van der Waals surface area contributed by atoms with E-state index in [0.717, 1.165) is 6.42 Å². The Balaban J connectivity index is 2.85. The molecule has 6 nitrogen and oxygen atoms in total. The Kier molecular flexibility index (Phi) is 4.26. The zero-order chi connectivity index (χ0) is 12.5. The van der Waals surface area contributed by atoms with E-state index in [1.54, 1.807) is 0 Å². The van der Waals surface area contributed by atoms with Crippen LogP contribution in [0.25, 0.3) is 0 Å². The molecule has 0 aliphatic carbocycles. The Labute approximate surface area is 94.0 Å². The van der Waals surface area contributed by atoms with E-state index < -0.39 is 36.4 Å². The summed E-state index contributed by atoms with van der Waals surface area (Å²) >= 11 is 0. The van der Waals surface area contributed by atoms with E-state index in [2.05, 4.69) is 0 Å². The first-order valence-electron chi connectivity index (χ1n) is 5.39. The minimum absolute atomic E-state index is 0.0426. The average molecular weight is 233 g/mol. The van der Waals surface area contributed by atoms with Crippen LogP contribution in [0, 0.1) is 5.92 Å². The maximum atomic E-state index is 11.0. The first kappa shape index (κ1) is 13.4. The Morgan fingerprint density at radius 2 is 1.88 bits per heavy atom. The lowest BCUT2D eigenvalue weighted by Crippen LogP contribution is -2.62. The van der Waals surface area contributed by atoms with E-state index >= 15 is 0 Å². The zero-order valence-corrected chi connectivity index (χ0v) is 9.41. The lowest BCUT2D eigenvalue weighted by Gasteiger charge is -2.41. The molecule has 1 heterocycles. The molecule has 6 unspecified atom stereocenters. The van der Waals surface area contributed by atoms with Crippen molar-refractivity contribution >= 4 is 5.91 Å². The fraction of sp³-hybridized carbons (Fsp3) is 0.900. The summed E-state index contributed by atoms with van der Waals surface area (Å²) in [5.74, 6) is -0.884. The van der Waals surface area contributed by atoms with Crippen molar-refractivity contribution in [2.75, 3.05) is 0 Å². The fourth-order valence-corrected chi connectivity index (χ4v) is 1.84. The second kappa shape index (κ2) is 5.09. The highest BCUT2D eigenvalue weighted by Crippen LogP contribution is 2.27. The number of amides is 1. The van der Waals surface area contributed by atoms with Gasteiger partial charge in [-0.15, -0.1) is 0 Å². The maximum Gasteiger partial charge on any atom is 0.249 e. The maximum absolute atomic E-state index is 11.0. The fourth-order valence-electron chi connectivity index (χ4n) is 1.84. The molecule has 0 bridgehead atoms. The van der Waals surface area contributed by atoms with Crippen molar-refractivity contribution in [1.82, 2.24) is 0 Å². The molecule has 94 valence electrons. The quantitative estimate of drug-likeness (QED) is 0.467. The summed E-state index contributed by atoms with van der Waals surface area (Å²) in [6.07, 6.45) is -5.34. The number of aliphatic hydroxyl groups excluding tert-OH is 3. The number of hydrogen-bond donors (Lipinski definition) is 4. The third-order valence-corrected chi connectivity index (χ3v) is 3.14. The van der Waals surface area contributed by atoms with Crippen molar-refractivity contribution in [2.24, 2.45) is 11.7 Å². The number of carbonyl (C=O) groups excluding carboxylic acids is 1. The summed E-state index contributed by atoms with van der Waals surface area (Å²) in [5, 5.41) is 28.8. The Hall–Kier alpha value is -0.690. The highest BCUT2D eigenvalue weighted by molar-refractivity contribution is 5.79. The van der Waals surface area contributed by atoms with Gasteiger partial charge in [0.2, 0.25) is 5.91 Å². The lowest BCUT2D eigenvalue weighted by atomic mass is 9.87. The molecule has 0 aromatic heterocycles. The second-order valence-electron chi connectivity index (χ2n) is 4.28. The summed E-state index contributed by atoms with van der Waals surface area (Å²) in [7, 11) is 0. The molecule has 0 saturated carbocycles. The minimum Gasteiger partial charge on any atom is -0.388 e. The van der Waals surface area contributed by atoms with E-state index in [0.29, 0.717) is 0 Å². The Morgan fingerprint density at radius 1 is 1.31 bits per heavy atom. The van der Waals surface area contributed by atoms with Gasteiger partial charge >= 0.3 is 0 Å². The molecule has 5 N–H and O–H groups in total. The van der Waals surface area contributed by atoms with Crippen LogP contribution in [0.1, 0.15) is 20.3 Å². The molecule has 0 aromatic carbocycles. The SMILES string of the molecule is CCC(C)C1OC(C(N)=O)C(O)C(O)C1O. The Morgan fingerprint density at radius 3 is 2.31 bits per heavy atom. The van der Waals surface area contributed by atoms with Crippen LogP contribution in [-0.4, -0.2) is 51.7 Å². The number of aliphatic hydroxyl groups is 3. The van der Waals surface area contributed by atoms with Crippen molar-refractivity contribution in [1.29, 1.82) is 0 Å². The van der Waals surface area contributed by atoms with Crippen molar-refractivity contribution in [3.63, 3.8) is 0 Å². The smallest absolute Gasteiger partial charge is 0.249 e. The van der Waals surface area contributed by atoms with Gasteiger partial charge < -0.3 is 25.8 Å². The van der Waals surface area contributed by atoms with Crippen LogP contribution >= 0.6 is 0 Å². The van der Waals surface area contributed by atoms with Crippen molar-refractivity contribution < 1.29 is 24.9 Å². The van der Waals surface area contributed by atoms with Gasteiger partial charge in [0.25, 0.3) is 0 Å². The molecule has 0 aromatic rings. The highest BCUT2D eigenvalue weighted by Gasteiger charge is 2.47. The van der Waals surface area contributed by atoms with Gasteiger partial charge in [-0.25, -0.2) is 0 Å². The van der Waals surface area contributed by atoms with Gasteiger partial charge in [-0.1, -0.05) is 20.3 Å². The van der Waals surface area contributed by atoms with Crippen molar-refractivity contribution in [2.45, 2.75) is 50.8 Å². The van der Waals surface area contributed by atoms with Crippen LogP contribution in [0.4, 0.5) is 0 Å². The molecule has 0 spiro atoms. The van der Waals surface area contributed by atoms with Gasteiger partial charge in [-0.2, -0.15) is 0 Å². The van der Waals surface area contributed by atoms with Gasteiger partial charge in [0.1, 0.15) is 18.3 Å². The molecule has 1 fully saturated rings. The number of rotatable bonds is 3. The standard InChI is InChI=1S/C10H19NO5/c1-3-4(2)8-6(13)5(12)7(14)9(16-8)10(11)15/h4-9,12-14H,3H2,1-2H3,(H2,11,15). The molecule has 1 amide bonds. The summed E-state index contributed by atoms with van der Waals surface area (Å²) in [6.45, 7) is 3.73. The number of nitrogens with two attached hydrogens (primary N) is 1. The van der Waals surface area contributed by atoms with E-state index in [9.17, 15) is 20.1 Å². The van der Waals surface area contributed by atoms with Gasteiger partial charge in [-0.05, 0) is 5.92 Å². The predicted molar refractivity (Wildman–Crippen MR) is 55.3 cm³/mol. The topological polar surface area (TPSA) is 113 Å². The van der Waals surface area contributed by atoms with E-state index in [1.165, 1.54) is 0 Å². The van der Waals surface area contributed by atoms with Crippen LogP contribution in [0.2, 0.25) is 0 Å². The number of ether oxygens (including phenoxy) is 1. The van der Waals surface area contributed by atoms with Crippen molar-refractivity contribution in [3.8, 4) is 0 Å². The predicted octanol–water partition coefficient (Wildman–Crippen LogP) is -1.63. The largest absolute Gasteiger partial charge is 0.388 e. The van der Waals surface area contributed by atoms with Crippen LogP contribution in [-0.2, 0) is 9.53 Å². The first-order chi connectivity index (χ1) is 7.40. The van der Waals surface area contributed by atoms with Gasteiger partial charge in [-0.3, -0.25) is 4.79 Å². The molecule has 1 aliphatic rings. The van der Waals surface area contributed by atoms with Gasteiger partial charge in [0.15, 0.2) is 6.10 Å². The van der Waals surface area contributed by atoms with Crippen molar-refractivity contribution in [3.05, 3.63) is 0 Å². The molecule has 0 radical (unpaired) electrons. The first-order valence-corrected chi connectivity index (χ1v) is 5.39. The lowest BCUT2D eigenvalue weighted by molar-refractivity contribution is -0.229. The summed E-state index contributed by atoms with van der Waals surface area (Å²) < 4.78 is 5.26. The van der Waals surface area contributed by atoms with Crippen LogP contribution in [0.5, 0.6) is 0 Å². The Bertz CT molecular complexity index is 260. The summed E-state index contributed by atoms with van der Waals surface area (Å²) in [4.78, 5) is 11.0. The highest BCUT2D eigenvalue weighted by atomic mass is 16.5. The summed E-state index contributed by atoms with van der Waals surface area (Å²) in [6, 6.07) is 0. The third-order valence-electron chi connectivity index (χ3n) is 3.14.